The number of amidine groups is 1. The van der Waals surface area contributed by atoms with E-state index in [1.165, 1.54) is 11.8 Å². The molecular weight excluding hydrogens is 424 g/mol. The maximum absolute atomic E-state index is 13.0. The molecule has 0 N–H and O–H groups in total. The van der Waals surface area contributed by atoms with Crippen LogP contribution in [-0.4, -0.2) is 42.3 Å². The Morgan fingerprint density at radius 3 is 2.44 bits per heavy atom. The topological polar surface area (TPSA) is 60.4 Å². The third-order valence-electron chi connectivity index (χ3n) is 4.45. The minimum absolute atomic E-state index is 0.0761. The number of hydrogen-bond acceptors (Lipinski definition) is 6. The molecule has 32 heavy (non-hydrogen) atoms. The van der Waals surface area contributed by atoms with Gasteiger partial charge in [0.25, 0.3) is 5.91 Å². The third-order valence-corrected chi connectivity index (χ3v) is 5.46. The predicted octanol–water partition coefficient (Wildman–Crippen LogP) is 5.12. The first-order chi connectivity index (χ1) is 15.6. The highest BCUT2D eigenvalue weighted by atomic mass is 32.2. The van der Waals surface area contributed by atoms with Gasteiger partial charge in [0.05, 0.1) is 23.8 Å². The fourth-order valence-corrected chi connectivity index (χ4v) is 4.10. The van der Waals surface area contributed by atoms with Crippen molar-refractivity contribution in [3.63, 3.8) is 0 Å². The lowest BCUT2D eigenvalue weighted by Gasteiger charge is -2.12. The van der Waals surface area contributed by atoms with Crippen molar-refractivity contribution in [3.05, 3.63) is 52.9 Å². The van der Waals surface area contributed by atoms with Crippen molar-refractivity contribution in [3.8, 4) is 29.6 Å². The molecule has 0 unspecified atom stereocenters. The smallest absolute Gasteiger partial charge is 0.266 e. The zero-order valence-electron chi connectivity index (χ0n) is 18.5. The number of ether oxygens (including phenoxy) is 3. The SMILES string of the molecule is C#CCOc1ccc(/C=C2/SC(=Nc3ccc(OCC)cc3)N(CC)C2=O)cc1OCC. The number of carbonyl (C=O) groups is 1. The lowest BCUT2D eigenvalue weighted by molar-refractivity contribution is -0.122. The Morgan fingerprint density at radius 2 is 1.78 bits per heavy atom. The molecule has 7 heteroatoms. The van der Waals surface area contributed by atoms with Crippen LogP contribution in [-0.2, 0) is 4.79 Å². The molecule has 0 atom stereocenters. The van der Waals surface area contributed by atoms with E-state index in [0.29, 0.717) is 41.3 Å². The number of carbonyl (C=O) groups excluding carboxylic acids is 1. The molecule has 0 aliphatic carbocycles. The van der Waals surface area contributed by atoms with Crippen LogP contribution in [0.3, 0.4) is 0 Å². The lowest BCUT2D eigenvalue weighted by Crippen LogP contribution is -2.28. The maximum atomic E-state index is 13.0. The van der Waals surface area contributed by atoms with Gasteiger partial charge >= 0.3 is 0 Å². The van der Waals surface area contributed by atoms with Crippen LogP contribution in [0.1, 0.15) is 26.3 Å². The van der Waals surface area contributed by atoms with E-state index >= 15 is 0 Å². The fraction of sp³-hybridized carbons (Fsp3) is 0.280. The van der Waals surface area contributed by atoms with Crippen LogP contribution in [0.25, 0.3) is 6.08 Å². The number of benzene rings is 2. The standard InChI is InChI=1S/C25H26N2O4S/c1-5-15-31-21-14-9-18(16-22(21)30-8-4)17-23-24(28)27(6-2)25(32-23)26-19-10-12-20(13-11-19)29-7-3/h1,9-14,16-17H,6-8,15H2,2-4H3/b23-17+,26-25?. The van der Waals surface area contributed by atoms with E-state index in [1.807, 2.05) is 63.2 Å². The van der Waals surface area contributed by atoms with Gasteiger partial charge in [0.15, 0.2) is 16.7 Å². The zero-order chi connectivity index (χ0) is 22.9. The highest BCUT2D eigenvalue weighted by Gasteiger charge is 2.32. The molecular formula is C25H26N2O4S. The largest absolute Gasteiger partial charge is 0.494 e. The second-order valence-corrected chi connectivity index (χ2v) is 7.62. The summed E-state index contributed by atoms with van der Waals surface area (Å²) in [5, 5.41) is 0.645. The van der Waals surface area contributed by atoms with Crippen molar-refractivity contribution in [2.75, 3.05) is 26.4 Å². The molecule has 1 heterocycles. The van der Waals surface area contributed by atoms with E-state index in [0.717, 1.165) is 17.0 Å². The highest BCUT2D eigenvalue weighted by molar-refractivity contribution is 8.18. The number of likely N-dealkylation sites (N-methyl/N-ethyl adjacent to an activating group) is 1. The number of hydrogen-bond donors (Lipinski definition) is 0. The number of aliphatic imine (C=N–C) groups is 1. The molecule has 0 aromatic heterocycles. The third kappa shape index (κ3) is 5.65. The molecule has 1 saturated heterocycles. The summed E-state index contributed by atoms with van der Waals surface area (Å²) >= 11 is 1.35. The van der Waals surface area contributed by atoms with E-state index in [2.05, 4.69) is 10.9 Å². The minimum Gasteiger partial charge on any atom is -0.494 e. The number of rotatable bonds is 9. The average Bonchev–Trinajstić information content (AvgIpc) is 3.08. The summed E-state index contributed by atoms with van der Waals surface area (Å²) in [7, 11) is 0. The molecule has 0 saturated carbocycles. The molecule has 1 aliphatic rings. The summed E-state index contributed by atoms with van der Waals surface area (Å²) in [6.45, 7) is 7.56. The first-order valence-corrected chi connectivity index (χ1v) is 11.3. The van der Waals surface area contributed by atoms with E-state index in [9.17, 15) is 4.79 Å². The molecule has 1 aliphatic heterocycles. The minimum atomic E-state index is -0.0761. The van der Waals surface area contributed by atoms with E-state index in [1.54, 1.807) is 11.0 Å². The number of nitrogens with zero attached hydrogens (tertiary/aromatic N) is 2. The molecule has 6 nitrogen and oxygen atoms in total. The Hall–Kier alpha value is -3.37. The van der Waals surface area contributed by atoms with Crippen LogP contribution in [0.2, 0.25) is 0 Å². The van der Waals surface area contributed by atoms with Gasteiger partial charge in [-0.1, -0.05) is 12.0 Å². The van der Waals surface area contributed by atoms with Gasteiger partial charge in [-0.2, -0.15) is 0 Å². The summed E-state index contributed by atoms with van der Waals surface area (Å²) in [6.07, 6.45) is 7.12. The Morgan fingerprint density at radius 1 is 1.03 bits per heavy atom. The molecule has 0 radical (unpaired) electrons. The Kier molecular flexibility index (Phi) is 8.23. The van der Waals surface area contributed by atoms with Crippen LogP contribution in [0.4, 0.5) is 5.69 Å². The van der Waals surface area contributed by atoms with Gasteiger partial charge in [0, 0.05) is 6.54 Å². The molecule has 3 rings (SSSR count). The molecule has 2 aromatic carbocycles. The Labute approximate surface area is 193 Å². The second-order valence-electron chi connectivity index (χ2n) is 6.61. The van der Waals surface area contributed by atoms with Crippen LogP contribution >= 0.6 is 11.8 Å². The summed E-state index contributed by atoms with van der Waals surface area (Å²) < 4.78 is 16.7. The molecule has 1 fully saturated rings. The van der Waals surface area contributed by atoms with Crippen LogP contribution in [0, 0.1) is 12.3 Å². The van der Waals surface area contributed by atoms with Crippen LogP contribution in [0.5, 0.6) is 17.2 Å². The molecule has 0 bridgehead atoms. The van der Waals surface area contributed by atoms with Crippen molar-refractivity contribution in [1.29, 1.82) is 0 Å². The van der Waals surface area contributed by atoms with E-state index < -0.39 is 0 Å². The van der Waals surface area contributed by atoms with Crippen molar-refractivity contribution >= 4 is 34.6 Å². The van der Waals surface area contributed by atoms with Crippen molar-refractivity contribution in [2.45, 2.75) is 20.8 Å². The van der Waals surface area contributed by atoms with Gasteiger partial charge in [-0.25, -0.2) is 4.99 Å². The number of thioether (sulfide) groups is 1. The van der Waals surface area contributed by atoms with Crippen LogP contribution < -0.4 is 14.2 Å². The lowest BCUT2D eigenvalue weighted by atomic mass is 10.2. The first kappa shape index (κ1) is 23.3. The molecule has 1 amide bonds. The Balaban J connectivity index is 1.86. The molecule has 0 spiro atoms. The van der Waals surface area contributed by atoms with Gasteiger partial charge in [0.1, 0.15) is 12.4 Å². The highest BCUT2D eigenvalue weighted by Crippen LogP contribution is 2.36. The van der Waals surface area contributed by atoms with Gasteiger partial charge in [0.2, 0.25) is 0 Å². The summed E-state index contributed by atoms with van der Waals surface area (Å²) in [5.41, 5.74) is 1.59. The summed E-state index contributed by atoms with van der Waals surface area (Å²) in [4.78, 5) is 19.9. The van der Waals surface area contributed by atoms with Gasteiger partial charge in [-0.15, -0.1) is 6.42 Å². The second kappa shape index (κ2) is 11.3. The van der Waals surface area contributed by atoms with Crippen LogP contribution in [0.15, 0.2) is 52.4 Å². The fourth-order valence-electron chi connectivity index (χ4n) is 3.04. The van der Waals surface area contributed by atoms with E-state index in [-0.39, 0.29) is 12.5 Å². The normalized spacial score (nSPS) is 15.8. The predicted molar refractivity (Wildman–Crippen MR) is 130 cm³/mol. The van der Waals surface area contributed by atoms with Crippen molar-refractivity contribution in [1.82, 2.24) is 4.90 Å². The Bertz CT molecular complexity index is 1050. The molecule has 166 valence electrons. The zero-order valence-corrected chi connectivity index (χ0v) is 19.3. The molecule has 2 aromatic rings. The summed E-state index contributed by atoms with van der Waals surface area (Å²) in [6, 6.07) is 13.0. The van der Waals surface area contributed by atoms with Crippen molar-refractivity contribution in [2.24, 2.45) is 4.99 Å². The van der Waals surface area contributed by atoms with Crippen molar-refractivity contribution < 1.29 is 19.0 Å². The first-order valence-electron chi connectivity index (χ1n) is 10.5. The van der Waals surface area contributed by atoms with E-state index in [4.69, 9.17) is 20.6 Å². The quantitative estimate of drug-likeness (QED) is 0.392. The summed E-state index contributed by atoms with van der Waals surface area (Å²) in [5.74, 6) is 4.32. The monoisotopic (exact) mass is 450 g/mol. The van der Waals surface area contributed by atoms with Gasteiger partial charge < -0.3 is 14.2 Å². The number of amides is 1. The number of terminal acetylenes is 1. The average molecular weight is 451 g/mol. The maximum Gasteiger partial charge on any atom is 0.266 e. The van der Waals surface area contributed by atoms with Gasteiger partial charge in [-0.3, -0.25) is 9.69 Å². The van der Waals surface area contributed by atoms with Gasteiger partial charge in [-0.05, 0) is 80.6 Å².